The molecule has 4 rings (SSSR count). The summed E-state index contributed by atoms with van der Waals surface area (Å²) in [6, 6.07) is 17.8. The second-order valence-electron chi connectivity index (χ2n) is 7.56. The van der Waals surface area contributed by atoms with E-state index < -0.39 is 11.8 Å². The first kappa shape index (κ1) is 21.2. The molecule has 4 nitrogen and oxygen atoms in total. The summed E-state index contributed by atoms with van der Waals surface area (Å²) in [5.74, 6) is -0.849. The van der Waals surface area contributed by atoms with E-state index in [1.165, 1.54) is 0 Å². The Morgan fingerprint density at radius 2 is 1.45 bits per heavy atom. The molecule has 1 aliphatic rings. The first-order valence-electron chi connectivity index (χ1n) is 9.75. The molecule has 6 heteroatoms. The zero-order valence-corrected chi connectivity index (χ0v) is 18.8. The number of carbonyl (C=O) groups excluding carboxylic acids is 2. The van der Waals surface area contributed by atoms with Gasteiger partial charge in [-0.3, -0.25) is 9.59 Å². The number of imide groups is 1. The Morgan fingerprint density at radius 1 is 0.742 bits per heavy atom. The van der Waals surface area contributed by atoms with Crippen LogP contribution in [0.5, 0.6) is 0 Å². The van der Waals surface area contributed by atoms with Gasteiger partial charge in [0.05, 0.1) is 11.3 Å². The molecule has 1 heterocycles. The van der Waals surface area contributed by atoms with Crippen molar-refractivity contribution in [2.24, 2.45) is 0 Å². The second kappa shape index (κ2) is 8.22. The highest BCUT2D eigenvalue weighted by molar-refractivity contribution is 6.46. The van der Waals surface area contributed by atoms with Crippen molar-refractivity contribution in [2.75, 3.05) is 10.2 Å². The Hall–Kier alpha value is -3.08. The van der Waals surface area contributed by atoms with Crippen molar-refractivity contribution in [2.45, 2.75) is 20.8 Å². The molecule has 3 aromatic rings. The minimum atomic E-state index is -0.445. The summed E-state index contributed by atoms with van der Waals surface area (Å²) < 4.78 is 0. The summed E-state index contributed by atoms with van der Waals surface area (Å²) >= 11 is 12.3. The first-order chi connectivity index (χ1) is 14.8. The third-order valence-electron chi connectivity index (χ3n) is 5.41. The summed E-state index contributed by atoms with van der Waals surface area (Å²) in [7, 11) is 0. The van der Waals surface area contributed by atoms with Crippen molar-refractivity contribution in [1.82, 2.24) is 0 Å². The third kappa shape index (κ3) is 3.97. The molecule has 0 unspecified atom stereocenters. The molecule has 1 N–H and O–H groups in total. The van der Waals surface area contributed by atoms with E-state index in [0.717, 1.165) is 21.6 Å². The van der Waals surface area contributed by atoms with Crippen molar-refractivity contribution in [1.29, 1.82) is 0 Å². The first-order valence-corrected chi connectivity index (χ1v) is 10.5. The quantitative estimate of drug-likeness (QED) is 0.473. The Bertz CT molecular complexity index is 1260. The van der Waals surface area contributed by atoms with E-state index in [1.807, 2.05) is 45.0 Å². The largest absolute Gasteiger partial charge is 0.350 e. The van der Waals surface area contributed by atoms with Gasteiger partial charge in [-0.15, -0.1) is 0 Å². The number of carbonyl (C=O) groups is 2. The molecule has 156 valence electrons. The smallest absolute Gasteiger partial charge is 0.282 e. The van der Waals surface area contributed by atoms with Gasteiger partial charge in [-0.05, 0) is 73.4 Å². The zero-order chi connectivity index (χ0) is 22.3. The van der Waals surface area contributed by atoms with Crippen molar-refractivity contribution in [3.63, 3.8) is 0 Å². The molecular formula is C25H20Cl2N2O2. The van der Waals surface area contributed by atoms with E-state index in [1.54, 1.807) is 36.4 Å². The van der Waals surface area contributed by atoms with E-state index in [9.17, 15) is 9.59 Å². The van der Waals surface area contributed by atoms with Crippen LogP contribution in [-0.2, 0) is 9.59 Å². The van der Waals surface area contributed by atoms with E-state index >= 15 is 0 Å². The van der Waals surface area contributed by atoms with Crippen LogP contribution >= 0.6 is 23.2 Å². The summed E-state index contributed by atoms with van der Waals surface area (Å²) in [5, 5.41) is 4.15. The minimum Gasteiger partial charge on any atom is -0.350 e. The molecule has 0 aliphatic carbocycles. The molecule has 0 saturated heterocycles. The molecule has 31 heavy (non-hydrogen) atoms. The number of benzene rings is 3. The number of aryl methyl sites for hydroxylation is 3. The highest BCUT2D eigenvalue weighted by Crippen LogP contribution is 2.36. The number of anilines is 2. The van der Waals surface area contributed by atoms with Crippen molar-refractivity contribution < 1.29 is 9.59 Å². The van der Waals surface area contributed by atoms with Crippen LogP contribution in [0.15, 0.2) is 66.4 Å². The number of hydrogen-bond donors (Lipinski definition) is 1. The predicted octanol–water partition coefficient (Wildman–Crippen LogP) is 6.32. The Kier molecular flexibility index (Phi) is 5.61. The second-order valence-corrected chi connectivity index (χ2v) is 8.43. The lowest BCUT2D eigenvalue weighted by molar-refractivity contribution is -0.120. The Labute approximate surface area is 191 Å². The fraction of sp³-hybridized carbons (Fsp3) is 0.120. The normalized spacial score (nSPS) is 13.9. The van der Waals surface area contributed by atoms with E-state index in [2.05, 4.69) is 5.32 Å². The standard InChI is InChI=1S/C25H20Cl2N2O2/c1-14-7-9-17(11-16(14)3)22-23(28-21-13-19(27)10-8-15(21)2)25(31)29(24(22)30)20-6-4-5-18(26)12-20/h4-13,28H,1-3H3. The van der Waals surface area contributed by atoms with Gasteiger partial charge in [0.2, 0.25) is 0 Å². The fourth-order valence-electron chi connectivity index (χ4n) is 3.52. The number of halogens is 2. The molecule has 0 bridgehead atoms. The van der Waals surface area contributed by atoms with Crippen LogP contribution in [0.1, 0.15) is 22.3 Å². The van der Waals surface area contributed by atoms with Crippen LogP contribution in [-0.4, -0.2) is 11.8 Å². The number of nitrogens with zero attached hydrogens (tertiary/aromatic N) is 1. The van der Waals surface area contributed by atoms with E-state index in [4.69, 9.17) is 23.2 Å². The summed E-state index contributed by atoms with van der Waals surface area (Å²) in [6.07, 6.45) is 0. The molecular weight excluding hydrogens is 431 g/mol. The molecule has 0 aromatic heterocycles. The van der Waals surface area contributed by atoms with E-state index in [0.29, 0.717) is 32.6 Å². The average Bonchev–Trinajstić information content (AvgIpc) is 2.96. The number of hydrogen-bond acceptors (Lipinski definition) is 3. The van der Waals surface area contributed by atoms with Crippen LogP contribution < -0.4 is 10.2 Å². The van der Waals surface area contributed by atoms with Crippen LogP contribution in [0.25, 0.3) is 5.57 Å². The van der Waals surface area contributed by atoms with Crippen LogP contribution in [0, 0.1) is 20.8 Å². The van der Waals surface area contributed by atoms with Gasteiger partial charge < -0.3 is 5.32 Å². The molecule has 0 fully saturated rings. The Balaban J connectivity index is 1.88. The van der Waals surface area contributed by atoms with Gasteiger partial charge >= 0.3 is 0 Å². The summed E-state index contributed by atoms with van der Waals surface area (Å²) in [6.45, 7) is 5.89. The fourth-order valence-corrected chi connectivity index (χ4v) is 3.88. The van der Waals surface area contributed by atoms with Crippen molar-refractivity contribution >= 4 is 52.0 Å². The number of nitrogens with one attached hydrogen (secondary N) is 1. The zero-order valence-electron chi connectivity index (χ0n) is 17.3. The maximum Gasteiger partial charge on any atom is 0.282 e. The third-order valence-corrected chi connectivity index (χ3v) is 5.88. The number of amides is 2. The molecule has 0 saturated carbocycles. The summed E-state index contributed by atoms with van der Waals surface area (Å²) in [4.78, 5) is 28.1. The minimum absolute atomic E-state index is 0.207. The highest BCUT2D eigenvalue weighted by Gasteiger charge is 2.40. The van der Waals surface area contributed by atoms with Gasteiger partial charge in [0.15, 0.2) is 0 Å². The lowest BCUT2D eigenvalue weighted by Crippen LogP contribution is -2.32. The van der Waals surface area contributed by atoms with Crippen LogP contribution in [0.4, 0.5) is 11.4 Å². The SMILES string of the molecule is Cc1ccc(C2=C(Nc3cc(Cl)ccc3C)C(=O)N(c3cccc(Cl)c3)C2=O)cc1C. The van der Waals surface area contributed by atoms with Crippen molar-refractivity contribution in [3.05, 3.63) is 98.7 Å². The van der Waals surface area contributed by atoms with Gasteiger partial charge in [0.25, 0.3) is 11.8 Å². The van der Waals surface area contributed by atoms with Crippen LogP contribution in [0.2, 0.25) is 10.0 Å². The molecule has 1 aliphatic heterocycles. The maximum absolute atomic E-state index is 13.5. The van der Waals surface area contributed by atoms with Gasteiger partial charge in [0, 0.05) is 15.7 Å². The lowest BCUT2D eigenvalue weighted by atomic mass is 9.99. The maximum atomic E-state index is 13.5. The molecule has 0 spiro atoms. The predicted molar refractivity (Wildman–Crippen MR) is 127 cm³/mol. The van der Waals surface area contributed by atoms with Gasteiger partial charge in [-0.1, -0.05) is 53.5 Å². The van der Waals surface area contributed by atoms with Gasteiger partial charge in [-0.2, -0.15) is 0 Å². The number of rotatable bonds is 4. The highest BCUT2D eigenvalue weighted by atomic mass is 35.5. The van der Waals surface area contributed by atoms with E-state index in [-0.39, 0.29) is 5.70 Å². The lowest BCUT2D eigenvalue weighted by Gasteiger charge is -2.16. The molecule has 0 radical (unpaired) electrons. The summed E-state index contributed by atoms with van der Waals surface area (Å²) in [5.41, 5.74) is 5.32. The topological polar surface area (TPSA) is 49.4 Å². The van der Waals surface area contributed by atoms with Gasteiger partial charge in [-0.25, -0.2) is 4.90 Å². The monoisotopic (exact) mass is 450 g/mol. The average molecular weight is 451 g/mol. The molecule has 3 aromatic carbocycles. The molecule has 2 amide bonds. The Morgan fingerprint density at radius 3 is 2.16 bits per heavy atom. The van der Waals surface area contributed by atoms with Crippen LogP contribution in [0.3, 0.4) is 0 Å². The van der Waals surface area contributed by atoms with Gasteiger partial charge in [0.1, 0.15) is 5.70 Å². The molecule has 0 atom stereocenters. The van der Waals surface area contributed by atoms with Crippen molar-refractivity contribution in [3.8, 4) is 0 Å².